The van der Waals surface area contributed by atoms with E-state index in [0.29, 0.717) is 25.6 Å². The minimum Gasteiger partial charge on any atom is -0.481 e. The van der Waals surface area contributed by atoms with Crippen molar-refractivity contribution in [3.63, 3.8) is 0 Å². The van der Waals surface area contributed by atoms with Crippen molar-refractivity contribution in [2.75, 3.05) is 72.5 Å². The largest absolute Gasteiger partial charge is 0.481 e. The summed E-state index contributed by atoms with van der Waals surface area (Å²) >= 11 is 0. The monoisotopic (exact) mass is 482 g/mol. The van der Waals surface area contributed by atoms with Crippen LogP contribution < -0.4 is 16.0 Å². The summed E-state index contributed by atoms with van der Waals surface area (Å²) in [7, 11) is 2.15. The molecule has 0 aromatic rings. The van der Waals surface area contributed by atoms with Crippen LogP contribution in [0.3, 0.4) is 0 Å². The van der Waals surface area contributed by atoms with Crippen LogP contribution in [0.4, 0.5) is 0 Å². The number of hydrogen-bond donors (Lipinski definition) is 4. The third kappa shape index (κ3) is 11.4. The Labute approximate surface area is 196 Å². The van der Waals surface area contributed by atoms with Crippen LogP contribution in [0.5, 0.6) is 0 Å². The molecule has 0 spiro atoms. The molecule has 3 amide bonds. The Kier molecular flexibility index (Phi) is 12.1. The summed E-state index contributed by atoms with van der Waals surface area (Å²) in [5, 5.41) is 16.6. The van der Waals surface area contributed by atoms with Gasteiger partial charge >= 0.3 is 5.97 Å². The lowest BCUT2D eigenvalue weighted by Crippen LogP contribution is -2.50. The van der Waals surface area contributed by atoms with Crippen molar-refractivity contribution in [1.29, 1.82) is 0 Å². The number of carboxylic acid groups (broad SMARTS) is 1. The zero-order chi connectivity index (χ0) is 24.1. The lowest BCUT2D eigenvalue weighted by molar-refractivity contribution is -0.137. The summed E-state index contributed by atoms with van der Waals surface area (Å²) in [6.07, 6.45) is 2.92. The molecule has 0 saturated carbocycles. The number of piperazine rings is 1. The summed E-state index contributed by atoms with van der Waals surface area (Å²) in [6, 6.07) is 0.415. The summed E-state index contributed by atoms with van der Waals surface area (Å²) in [6.45, 7) is 7.42. The summed E-state index contributed by atoms with van der Waals surface area (Å²) < 4.78 is 0. The summed E-state index contributed by atoms with van der Waals surface area (Å²) in [4.78, 5) is 53.4. The standard InChI is InChI=1S/C22H40N6O5/c1-26-12-14-27(15-13-26)16-18-4-3-11-28(18)17-21(31)25-10-7-20(30)24-9-6-19(29)23-8-2-5-22(32)33/h18H,2-17H2,1H3,(H,23,29)(H,24,30)(H,25,31)(H,32,33)/i1+1,3+1,4+1,11+1,12+1,13+1,14+1,15+1,16+1,17+1,18+1,24+1,25+1,28+1. The lowest BCUT2D eigenvalue weighted by Gasteiger charge is -2.36. The molecular weight excluding hydrogens is 442 g/mol. The van der Waals surface area contributed by atoms with Crippen LogP contribution in [-0.4, -0.2) is 122 Å². The molecular formula is C22H40N6O5. The highest BCUT2D eigenvalue weighted by Gasteiger charge is 2.28. The van der Waals surface area contributed by atoms with Gasteiger partial charge in [0.2, 0.25) is 17.7 Å². The first-order valence-electron chi connectivity index (χ1n) is 12.0. The van der Waals surface area contributed by atoms with E-state index in [1.54, 1.807) is 0 Å². The molecule has 0 bridgehead atoms. The molecule has 11 nitrogen and oxygen atoms in total. The molecule has 0 radical (unpaired) electrons. The number of likely N-dealkylation sites (N-methyl/N-ethyl adjacent to an activating group) is 1. The topological polar surface area (TPSA) is 134 Å². The quantitative estimate of drug-likeness (QED) is 0.136. The Morgan fingerprint density at radius 3 is 2.06 bits per heavy atom. The lowest BCUT2D eigenvalue weighted by atomic mass is 10.3. The van der Waals surface area contributed by atoms with E-state index >= 15 is 0 Å². The first-order chi connectivity index (χ1) is 15.8. The molecule has 0 aromatic heterocycles. The molecule has 2 fully saturated rings. The molecule has 2 rings (SSSR count). The molecule has 4 N–H and O–H groups in total. The zero-order valence-corrected chi connectivity index (χ0v) is 19.8. The highest BCUT2D eigenvalue weighted by molar-refractivity contribution is 5.81. The van der Waals surface area contributed by atoms with Crippen molar-refractivity contribution in [2.45, 2.75) is 44.6 Å². The second-order valence-electron chi connectivity index (χ2n) is 8.92. The zero-order valence-electron chi connectivity index (χ0n) is 19.8. The smallest absolute Gasteiger partial charge is 0.303 e. The van der Waals surface area contributed by atoms with E-state index in [4.69, 9.17) is 5.11 Å². The number of aliphatic carboxylic acids is 1. The predicted octanol–water partition coefficient (Wildman–Crippen LogP) is -1.31. The van der Waals surface area contributed by atoms with Gasteiger partial charge in [-0.15, -0.1) is 0 Å². The van der Waals surface area contributed by atoms with Crippen molar-refractivity contribution < 1.29 is 24.3 Å². The molecule has 11 heteroatoms. The Bertz CT molecular complexity index is 653. The van der Waals surface area contributed by atoms with E-state index in [1.165, 1.54) is 0 Å². The fourth-order valence-electron chi connectivity index (χ4n) is 4.15. The number of likely N-dealkylation sites (tertiary alicyclic amines) is 1. The molecule has 2 heterocycles. The molecule has 2 saturated heterocycles. The van der Waals surface area contributed by atoms with Crippen LogP contribution in [0.2, 0.25) is 0 Å². The second-order valence-corrected chi connectivity index (χ2v) is 8.92. The Hall–Kier alpha value is -2.24. The third-order valence-corrected chi connectivity index (χ3v) is 6.15. The number of carbonyl (C=O) groups is 4. The SMILES string of the molecule is [13CH3]N1[13CH2][13CH2]N([13CH2][13CH]2[13CH2][13CH2][13CH2][15N]2[13CH2]C(=O)[15NH]CCC(=O)[15NH]CCC(=O)NCCCC(=O)O)[13CH2][13CH2]1. The fraction of sp³-hybridized carbons (Fsp3) is 0.818. The number of carboxylic acids is 1. The molecule has 2 aliphatic heterocycles. The molecule has 33 heavy (non-hydrogen) atoms. The number of rotatable bonds is 14. The highest BCUT2D eigenvalue weighted by Crippen LogP contribution is 2.18. The average Bonchev–Trinajstić information content (AvgIpc) is 3.19. The maximum atomic E-state index is 12.3. The number of hydrogen-bond acceptors (Lipinski definition) is 7. The van der Waals surface area contributed by atoms with Gasteiger partial charge in [-0.25, -0.2) is 0 Å². The van der Waals surface area contributed by atoms with Gasteiger partial charge < -0.3 is 26.0 Å². The molecule has 1 unspecified atom stereocenters. The van der Waals surface area contributed by atoms with Crippen LogP contribution in [0.15, 0.2) is 0 Å². The summed E-state index contributed by atoms with van der Waals surface area (Å²) in [5.41, 5.74) is 0. The predicted molar refractivity (Wildman–Crippen MR) is 124 cm³/mol. The number of amides is 3. The van der Waals surface area contributed by atoms with Crippen LogP contribution in [0.1, 0.15) is 38.5 Å². The first-order valence-corrected chi connectivity index (χ1v) is 12.0. The van der Waals surface area contributed by atoms with Gasteiger partial charge in [-0.2, -0.15) is 0 Å². The normalized spacial score (nSPS) is 19.8. The summed E-state index contributed by atoms with van der Waals surface area (Å²) in [5.74, 6) is -1.41. The van der Waals surface area contributed by atoms with E-state index < -0.39 is 5.97 Å². The Balaban J connectivity index is 1.52. The van der Waals surface area contributed by atoms with Gasteiger partial charge in [0.05, 0.1) is 6.54 Å². The van der Waals surface area contributed by atoms with Crippen molar-refractivity contribution in [3.05, 3.63) is 0 Å². The van der Waals surface area contributed by atoms with Crippen LogP contribution in [-0.2, 0) is 19.2 Å². The van der Waals surface area contributed by atoms with Gasteiger partial charge in [-0.05, 0) is 32.9 Å². The van der Waals surface area contributed by atoms with Crippen molar-refractivity contribution >= 4 is 23.7 Å². The van der Waals surface area contributed by atoms with E-state index in [1.807, 2.05) is 0 Å². The minimum absolute atomic E-state index is 0.0113. The molecule has 2 aliphatic rings. The van der Waals surface area contributed by atoms with E-state index in [9.17, 15) is 19.2 Å². The van der Waals surface area contributed by atoms with Crippen LogP contribution in [0, 0.1) is 0 Å². The van der Waals surface area contributed by atoms with Crippen LogP contribution >= 0.6 is 0 Å². The van der Waals surface area contributed by atoms with Gasteiger partial charge in [0.1, 0.15) is 0 Å². The molecule has 1 atom stereocenters. The van der Waals surface area contributed by atoms with Crippen molar-refractivity contribution in [3.8, 4) is 0 Å². The van der Waals surface area contributed by atoms with Crippen molar-refractivity contribution in [2.24, 2.45) is 0 Å². The maximum absolute atomic E-state index is 12.3. The number of nitrogens with zero attached hydrogens (tertiary/aromatic N) is 3. The molecule has 188 valence electrons. The highest BCUT2D eigenvalue weighted by atomic mass is 16.4. The maximum Gasteiger partial charge on any atom is 0.303 e. The molecule has 0 aliphatic carbocycles. The Morgan fingerprint density at radius 2 is 1.42 bits per heavy atom. The number of nitrogens with one attached hydrogen (secondary N) is 3. The van der Waals surface area contributed by atoms with Gasteiger partial charge in [0.25, 0.3) is 0 Å². The van der Waals surface area contributed by atoms with Gasteiger partial charge in [-0.3, -0.25) is 29.0 Å². The van der Waals surface area contributed by atoms with E-state index in [-0.39, 0.29) is 50.1 Å². The van der Waals surface area contributed by atoms with Crippen LogP contribution in [0.25, 0.3) is 0 Å². The fourth-order valence-corrected chi connectivity index (χ4v) is 4.15. The number of carbonyl (C=O) groups excluding carboxylic acids is 3. The van der Waals surface area contributed by atoms with E-state index in [2.05, 4.69) is 37.7 Å². The average molecular weight is 482 g/mol. The third-order valence-electron chi connectivity index (χ3n) is 6.15. The first kappa shape index (κ1) is 27.0. The van der Waals surface area contributed by atoms with Gasteiger partial charge in [0, 0.05) is 77.7 Å². The van der Waals surface area contributed by atoms with Crippen molar-refractivity contribution in [1.82, 2.24) is 30.7 Å². The second kappa shape index (κ2) is 14.8. The Morgan fingerprint density at radius 1 is 0.818 bits per heavy atom. The van der Waals surface area contributed by atoms with Gasteiger partial charge in [0.15, 0.2) is 0 Å². The van der Waals surface area contributed by atoms with E-state index in [0.717, 1.165) is 52.1 Å². The van der Waals surface area contributed by atoms with Gasteiger partial charge in [-0.1, -0.05) is 0 Å². The minimum atomic E-state index is -0.894. The molecule has 0 aromatic carbocycles.